The number of sulfonamides is 1. The van der Waals surface area contributed by atoms with Gasteiger partial charge in [-0.1, -0.05) is 12.0 Å². The number of alkyl halides is 6. The van der Waals surface area contributed by atoms with Crippen LogP contribution >= 0.6 is 0 Å². The van der Waals surface area contributed by atoms with Gasteiger partial charge in [0.1, 0.15) is 0 Å². The van der Waals surface area contributed by atoms with Gasteiger partial charge >= 0.3 is 21.7 Å². The molecule has 2 heterocycles. The summed E-state index contributed by atoms with van der Waals surface area (Å²) in [5, 5.41) is 0. The van der Waals surface area contributed by atoms with E-state index in [1.165, 1.54) is 25.5 Å². The molecule has 1 unspecified atom stereocenters. The monoisotopic (exact) mass is 520 g/mol. The fraction of sp³-hybridized carbons (Fsp3) is 0.409. The maximum atomic E-state index is 13.8. The Balaban J connectivity index is 2.31. The third-order valence-corrected chi connectivity index (χ3v) is 7.12. The molecule has 6 nitrogen and oxygen atoms in total. The fourth-order valence-electron chi connectivity index (χ4n) is 4.00. The number of nitrogens with zero attached hydrogens (tertiary/aromatic N) is 3. The van der Waals surface area contributed by atoms with Gasteiger partial charge in [-0.15, -0.1) is 12.5 Å². The Hall–Kier alpha value is -2.98. The van der Waals surface area contributed by atoms with Crippen molar-refractivity contribution in [3.05, 3.63) is 59.7 Å². The predicted molar refractivity (Wildman–Crippen MR) is 117 cm³/mol. The van der Waals surface area contributed by atoms with Gasteiger partial charge in [-0.2, -0.15) is 30.6 Å². The first-order valence-electron chi connectivity index (χ1n) is 10.4. The molecule has 3 rings (SSSR count). The first-order chi connectivity index (χ1) is 16.3. The summed E-state index contributed by atoms with van der Waals surface area (Å²) in [7, 11) is -5.86. The normalized spacial score (nSPS) is 17.3. The zero-order chi connectivity index (χ0) is 26.0. The van der Waals surface area contributed by atoms with E-state index in [0.717, 1.165) is 12.1 Å². The van der Waals surface area contributed by atoms with Crippen molar-refractivity contribution in [1.29, 1.82) is 0 Å². The van der Waals surface area contributed by atoms with Crippen LogP contribution in [0.1, 0.15) is 42.1 Å². The summed E-state index contributed by atoms with van der Waals surface area (Å²) >= 11 is 0. The number of hydrogen-bond acceptors (Lipinski definition) is 4. The van der Waals surface area contributed by atoms with Crippen LogP contribution < -0.4 is 4.90 Å². The molecule has 13 heteroatoms. The van der Waals surface area contributed by atoms with Crippen molar-refractivity contribution in [1.82, 2.24) is 14.3 Å². The molecule has 1 N–H and O–H groups in total. The zero-order valence-corrected chi connectivity index (χ0v) is 19.4. The summed E-state index contributed by atoms with van der Waals surface area (Å²) in [6.07, 6.45) is 0.0663. The van der Waals surface area contributed by atoms with Crippen LogP contribution in [-0.4, -0.2) is 40.8 Å². The highest BCUT2D eigenvalue weighted by Gasteiger charge is 2.51. The van der Waals surface area contributed by atoms with Crippen LogP contribution in [0.15, 0.2) is 37.3 Å². The van der Waals surface area contributed by atoms with Gasteiger partial charge in [0, 0.05) is 42.1 Å². The Bertz CT molecular complexity index is 1230. The lowest BCUT2D eigenvalue weighted by Gasteiger charge is -2.34. The minimum Gasteiger partial charge on any atom is -0.361 e. The van der Waals surface area contributed by atoms with Crippen LogP contribution in [-0.2, 0) is 29.3 Å². The molecule has 0 saturated heterocycles. The molecule has 190 valence electrons. The topological polar surface area (TPSA) is 69.3 Å². The average Bonchev–Trinajstić information content (AvgIpc) is 3.21. The highest BCUT2D eigenvalue weighted by atomic mass is 32.2. The van der Waals surface area contributed by atoms with Crippen LogP contribution in [0.3, 0.4) is 0 Å². The highest BCUT2D eigenvalue weighted by Crippen LogP contribution is 2.41. The number of aromatic amines is 1. The lowest BCUT2D eigenvalue weighted by atomic mass is 9.97. The summed E-state index contributed by atoms with van der Waals surface area (Å²) in [4.78, 5) is 8.37. The van der Waals surface area contributed by atoms with E-state index in [-0.39, 0.29) is 28.5 Å². The molecule has 0 spiro atoms. The van der Waals surface area contributed by atoms with E-state index in [9.17, 15) is 34.8 Å². The van der Waals surface area contributed by atoms with Crippen molar-refractivity contribution in [3.63, 3.8) is 0 Å². The molecule has 0 fully saturated rings. The smallest absolute Gasteiger partial charge is 0.361 e. The summed E-state index contributed by atoms with van der Waals surface area (Å²) < 4.78 is 107. The molecule has 0 amide bonds. The van der Waals surface area contributed by atoms with Crippen LogP contribution in [0.5, 0.6) is 0 Å². The maximum absolute atomic E-state index is 13.8. The van der Waals surface area contributed by atoms with Gasteiger partial charge in [0.05, 0.1) is 24.1 Å². The van der Waals surface area contributed by atoms with E-state index >= 15 is 0 Å². The number of fused-ring (bicyclic) bond motifs is 1. The maximum Gasteiger partial charge on any atom is 0.511 e. The molecule has 2 aromatic rings. The minimum atomic E-state index is -5.86. The van der Waals surface area contributed by atoms with E-state index in [1.54, 1.807) is 4.90 Å². The molecule has 1 atom stereocenters. The van der Waals surface area contributed by atoms with Gasteiger partial charge in [0.25, 0.3) is 0 Å². The molecule has 0 saturated carbocycles. The number of halogens is 6. The van der Waals surface area contributed by atoms with E-state index in [1.807, 2.05) is 0 Å². The zero-order valence-electron chi connectivity index (χ0n) is 18.5. The Morgan fingerprint density at radius 3 is 2.51 bits per heavy atom. The van der Waals surface area contributed by atoms with E-state index in [4.69, 9.17) is 0 Å². The molecule has 1 aliphatic rings. The van der Waals surface area contributed by atoms with Crippen LogP contribution in [0.25, 0.3) is 0 Å². The number of rotatable bonds is 6. The van der Waals surface area contributed by atoms with Gasteiger partial charge in [-0.05, 0) is 31.9 Å². The number of aromatic nitrogens is 2. The SMILES string of the molecule is C=CCCC1CN(S(=O)(=O)C(F)(F)F)Cc2c(ccc(C(F)(F)F)c2C#CC)N1Cc1cnc[nH]1. The first kappa shape index (κ1) is 26.6. The number of hydrogen-bond donors (Lipinski definition) is 1. The third kappa shape index (κ3) is 5.48. The van der Waals surface area contributed by atoms with Gasteiger partial charge in [-0.3, -0.25) is 0 Å². The number of H-pyrrole nitrogens is 1. The highest BCUT2D eigenvalue weighted by molar-refractivity contribution is 7.89. The van der Waals surface area contributed by atoms with Gasteiger partial charge in [0.2, 0.25) is 0 Å². The quantitative estimate of drug-likeness (QED) is 0.337. The second-order valence-corrected chi connectivity index (χ2v) is 9.76. The van der Waals surface area contributed by atoms with E-state index in [0.29, 0.717) is 12.1 Å². The van der Waals surface area contributed by atoms with Crippen LogP contribution in [0.4, 0.5) is 32.0 Å². The van der Waals surface area contributed by atoms with Crippen molar-refractivity contribution >= 4 is 15.7 Å². The minimum absolute atomic E-state index is 0.0407. The number of imidazole rings is 1. The molecular formula is C22H22F6N4O2S. The Morgan fingerprint density at radius 1 is 1.26 bits per heavy atom. The Labute approximate surface area is 198 Å². The lowest BCUT2D eigenvalue weighted by Crippen LogP contribution is -2.46. The molecule has 0 radical (unpaired) electrons. The number of allylic oxidation sites excluding steroid dienone is 1. The summed E-state index contributed by atoms with van der Waals surface area (Å²) in [5.41, 5.74) is -6.89. The fourth-order valence-corrected chi connectivity index (χ4v) is 4.96. The van der Waals surface area contributed by atoms with Gasteiger partial charge in [-0.25, -0.2) is 13.4 Å². The van der Waals surface area contributed by atoms with Crippen molar-refractivity contribution in [2.45, 2.75) is 50.6 Å². The first-order valence-corrected chi connectivity index (χ1v) is 11.8. The van der Waals surface area contributed by atoms with Crippen molar-refractivity contribution in [3.8, 4) is 11.8 Å². The average molecular weight is 520 g/mol. The molecule has 1 aliphatic heterocycles. The van der Waals surface area contributed by atoms with Crippen LogP contribution in [0, 0.1) is 11.8 Å². The predicted octanol–water partition coefficient (Wildman–Crippen LogP) is 4.81. The van der Waals surface area contributed by atoms with Crippen molar-refractivity contribution in [2.75, 3.05) is 11.4 Å². The van der Waals surface area contributed by atoms with E-state index < -0.39 is 52.0 Å². The lowest BCUT2D eigenvalue weighted by molar-refractivity contribution is -0.137. The van der Waals surface area contributed by atoms with Gasteiger partial charge in [0.15, 0.2) is 0 Å². The van der Waals surface area contributed by atoms with E-state index in [2.05, 4.69) is 28.4 Å². The molecule has 1 aromatic heterocycles. The number of benzene rings is 1. The van der Waals surface area contributed by atoms with Gasteiger partial charge < -0.3 is 9.88 Å². The third-order valence-electron chi connectivity index (χ3n) is 5.57. The molecular weight excluding hydrogens is 498 g/mol. The Kier molecular flexibility index (Phi) is 7.56. The molecule has 0 aliphatic carbocycles. The summed E-state index contributed by atoms with van der Waals surface area (Å²) in [6.45, 7) is 3.42. The second-order valence-electron chi connectivity index (χ2n) is 7.83. The molecule has 0 bridgehead atoms. The largest absolute Gasteiger partial charge is 0.511 e. The standard InChI is InChI=1S/C22H22F6N4O2S/c1-3-5-7-16-12-31(35(33,34)22(26,27)28)13-18-17(6-4-2)19(21(23,24)25)8-9-20(18)32(16)11-15-10-29-14-30-15/h3,8-10,14,16H,1,5,7,11-13H2,2H3,(H,29,30). The van der Waals surface area contributed by atoms with Crippen LogP contribution in [0.2, 0.25) is 0 Å². The summed E-state index contributed by atoms with van der Waals surface area (Å²) in [6, 6.07) is 1.16. The molecule has 1 aromatic carbocycles. The summed E-state index contributed by atoms with van der Waals surface area (Å²) in [5.74, 6) is 4.72. The Morgan fingerprint density at radius 2 is 1.97 bits per heavy atom. The van der Waals surface area contributed by atoms with Crippen molar-refractivity contribution < 1.29 is 34.8 Å². The number of nitrogens with one attached hydrogen (secondary N) is 1. The molecule has 35 heavy (non-hydrogen) atoms. The van der Waals surface area contributed by atoms with Crippen molar-refractivity contribution in [2.24, 2.45) is 0 Å². The second kappa shape index (κ2) is 9.94. The number of anilines is 1.